The Labute approximate surface area is 218 Å². The zero-order valence-electron chi connectivity index (χ0n) is 22.8. The Hall–Kier alpha value is -1.65. The third-order valence-electron chi connectivity index (χ3n) is 12.1. The molecule has 9 atom stereocenters. The summed E-state index contributed by atoms with van der Waals surface area (Å²) in [5, 5.41) is 10.7. The van der Waals surface area contributed by atoms with E-state index in [1.807, 2.05) is 42.3 Å². The van der Waals surface area contributed by atoms with Crippen LogP contribution in [0, 0.1) is 34.5 Å². The number of amides is 1. The van der Waals surface area contributed by atoms with Gasteiger partial charge in [0.1, 0.15) is 6.10 Å². The van der Waals surface area contributed by atoms with E-state index in [-0.39, 0.29) is 11.9 Å². The first-order valence-corrected chi connectivity index (χ1v) is 14.6. The molecule has 4 fully saturated rings. The smallest absolute Gasteiger partial charge is 0.251 e. The minimum Gasteiger partial charge on any atom is -0.383 e. The van der Waals surface area contributed by atoms with Crippen LogP contribution in [0.25, 0.3) is 0 Å². The minimum absolute atomic E-state index is 0.127. The summed E-state index contributed by atoms with van der Waals surface area (Å²) in [6.45, 7) is 6.36. The number of allylic oxidation sites excluding steroid dienone is 1. The molecule has 1 spiro atoms. The maximum absolute atomic E-state index is 13.2. The number of aliphatic hydroxyl groups excluding tert-OH is 1. The lowest BCUT2D eigenvalue weighted by molar-refractivity contribution is -0.142. The van der Waals surface area contributed by atoms with Gasteiger partial charge in [-0.25, -0.2) is 0 Å². The van der Waals surface area contributed by atoms with E-state index in [0.29, 0.717) is 17.3 Å². The van der Waals surface area contributed by atoms with Gasteiger partial charge in [0.25, 0.3) is 5.91 Å². The van der Waals surface area contributed by atoms with Crippen LogP contribution in [0.3, 0.4) is 0 Å². The Bertz CT molecular complexity index is 1020. The number of rotatable bonds is 4. The van der Waals surface area contributed by atoms with Gasteiger partial charge < -0.3 is 14.9 Å². The standard InChI is InChI=1S/C32H46N2O2/c1-21-26-12-13-28-25-11-10-23-19-24(34(4)30(36)29(35)18-22-8-6-5-7-9-22)14-16-31(23,2)27(25)15-17-32(26,28)20-33(21)3/h5-10,21,24-29,35H,11-20H2,1-4H3/t21-,24-,25+,26+,27-,28-,29+,31-,32-/m0/s1. The van der Waals surface area contributed by atoms with Gasteiger partial charge in [-0.15, -0.1) is 0 Å². The Balaban J connectivity index is 1.16. The summed E-state index contributed by atoms with van der Waals surface area (Å²) in [5.41, 5.74) is 3.49. The van der Waals surface area contributed by atoms with Crippen molar-refractivity contribution in [3.8, 4) is 0 Å². The van der Waals surface area contributed by atoms with Gasteiger partial charge in [0.2, 0.25) is 0 Å². The molecule has 4 nitrogen and oxygen atoms in total. The topological polar surface area (TPSA) is 43.8 Å². The van der Waals surface area contributed by atoms with E-state index in [1.54, 1.807) is 5.57 Å². The summed E-state index contributed by atoms with van der Waals surface area (Å²) in [6, 6.07) is 10.8. The van der Waals surface area contributed by atoms with E-state index in [4.69, 9.17) is 0 Å². The normalized spacial score (nSPS) is 42.5. The zero-order valence-corrected chi connectivity index (χ0v) is 22.8. The highest BCUT2D eigenvalue weighted by atomic mass is 16.3. The van der Waals surface area contributed by atoms with Crippen molar-refractivity contribution < 1.29 is 9.90 Å². The Morgan fingerprint density at radius 2 is 1.86 bits per heavy atom. The van der Waals surface area contributed by atoms with Crippen molar-refractivity contribution >= 4 is 5.91 Å². The molecule has 1 heterocycles. The molecule has 1 aromatic rings. The van der Waals surface area contributed by atoms with Gasteiger partial charge in [-0.3, -0.25) is 4.79 Å². The molecule has 196 valence electrons. The average molecular weight is 491 g/mol. The van der Waals surface area contributed by atoms with Gasteiger partial charge in [-0.05, 0) is 105 Å². The number of carbonyl (C=O) groups excluding carboxylic acids is 1. The molecule has 1 aromatic carbocycles. The van der Waals surface area contributed by atoms with Crippen LogP contribution >= 0.6 is 0 Å². The molecule has 5 aliphatic rings. The monoisotopic (exact) mass is 490 g/mol. The van der Waals surface area contributed by atoms with Crippen LogP contribution in [0.4, 0.5) is 0 Å². The number of nitrogens with zero attached hydrogens (tertiary/aromatic N) is 2. The average Bonchev–Trinajstić information content (AvgIpc) is 3.36. The van der Waals surface area contributed by atoms with Crippen molar-refractivity contribution in [3.63, 3.8) is 0 Å². The van der Waals surface area contributed by atoms with Crippen molar-refractivity contribution in [2.45, 2.75) is 89.8 Å². The minimum atomic E-state index is -0.966. The summed E-state index contributed by atoms with van der Waals surface area (Å²) in [6.07, 6.45) is 12.2. The first-order chi connectivity index (χ1) is 17.2. The predicted octanol–water partition coefficient (Wildman–Crippen LogP) is 5.31. The SMILES string of the molecule is C[C@H]1[C@H]2CC[C@H]3[C@@H]4CC=C5C[C@@H](N(C)C(=O)[C@H](O)Cc6ccccc6)CC[C@]5(C)[C@H]4CC[C@]23CN1C. The molecule has 0 radical (unpaired) electrons. The Morgan fingerprint density at radius 1 is 1.11 bits per heavy atom. The molecule has 3 saturated carbocycles. The second kappa shape index (κ2) is 8.98. The van der Waals surface area contributed by atoms with Gasteiger partial charge in [0.05, 0.1) is 0 Å². The highest BCUT2D eigenvalue weighted by Gasteiger charge is 2.64. The summed E-state index contributed by atoms with van der Waals surface area (Å²) in [5.74, 6) is 3.33. The zero-order chi connectivity index (χ0) is 25.2. The highest BCUT2D eigenvalue weighted by Crippen LogP contribution is 2.68. The molecule has 0 bridgehead atoms. The molecular weight excluding hydrogens is 444 g/mol. The maximum Gasteiger partial charge on any atom is 0.251 e. The summed E-state index contributed by atoms with van der Waals surface area (Å²) < 4.78 is 0. The van der Waals surface area contributed by atoms with Gasteiger partial charge >= 0.3 is 0 Å². The van der Waals surface area contributed by atoms with Gasteiger partial charge in [-0.2, -0.15) is 0 Å². The first kappa shape index (κ1) is 24.7. The van der Waals surface area contributed by atoms with Gasteiger partial charge in [0, 0.05) is 32.1 Å². The molecular formula is C32H46N2O2. The van der Waals surface area contributed by atoms with Crippen molar-refractivity contribution in [2.75, 3.05) is 20.6 Å². The number of benzene rings is 1. The fourth-order valence-corrected chi connectivity index (χ4v) is 10.1. The second-order valence-electron chi connectivity index (χ2n) is 13.4. The quantitative estimate of drug-likeness (QED) is 0.582. The van der Waals surface area contributed by atoms with Crippen LogP contribution < -0.4 is 0 Å². The second-order valence-corrected chi connectivity index (χ2v) is 13.4. The molecule has 1 aliphatic heterocycles. The van der Waals surface area contributed by atoms with Crippen LogP contribution in [0.15, 0.2) is 42.0 Å². The third-order valence-corrected chi connectivity index (χ3v) is 12.1. The summed E-state index contributed by atoms with van der Waals surface area (Å²) >= 11 is 0. The lowest BCUT2D eigenvalue weighted by Gasteiger charge is -2.58. The lowest BCUT2D eigenvalue weighted by Crippen LogP contribution is -2.53. The predicted molar refractivity (Wildman–Crippen MR) is 144 cm³/mol. The Kier molecular flexibility index (Phi) is 6.15. The molecule has 1 saturated heterocycles. The van der Waals surface area contributed by atoms with E-state index < -0.39 is 6.10 Å². The largest absolute Gasteiger partial charge is 0.383 e. The van der Waals surface area contributed by atoms with E-state index in [1.165, 1.54) is 45.1 Å². The number of hydrogen-bond donors (Lipinski definition) is 1. The fourth-order valence-electron chi connectivity index (χ4n) is 10.1. The van der Waals surface area contributed by atoms with Crippen molar-refractivity contribution in [1.82, 2.24) is 9.80 Å². The number of aliphatic hydroxyl groups is 1. The van der Waals surface area contributed by atoms with Gasteiger partial charge in [0.15, 0.2) is 0 Å². The molecule has 1 N–H and O–H groups in total. The molecule has 36 heavy (non-hydrogen) atoms. The van der Waals surface area contributed by atoms with E-state index in [0.717, 1.165) is 48.1 Å². The first-order valence-electron chi connectivity index (χ1n) is 14.6. The molecule has 1 amide bonds. The van der Waals surface area contributed by atoms with E-state index >= 15 is 0 Å². The van der Waals surface area contributed by atoms with Crippen LogP contribution in [0.2, 0.25) is 0 Å². The number of hydrogen-bond acceptors (Lipinski definition) is 3. The number of carbonyl (C=O) groups is 1. The molecule has 6 rings (SSSR count). The molecule has 0 aromatic heterocycles. The van der Waals surface area contributed by atoms with Crippen LogP contribution in [0.1, 0.15) is 70.8 Å². The molecule has 4 heteroatoms. The number of likely N-dealkylation sites (tertiary alicyclic amines) is 1. The summed E-state index contributed by atoms with van der Waals surface area (Å²) in [4.78, 5) is 17.7. The molecule has 0 unspecified atom stereocenters. The van der Waals surface area contributed by atoms with E-state index in [2.05, 4.69) is 31.9 Å². The fraction of sp³-hybridized carbons (Fsp3) is 0.719. The van der Waals surface area contributed by atoms with E-state index in [9.17, 15) is 9.90 Å². The Morgan fingerprint density at radius 3 is 2.64 bits per heavy atom. The highest BCUT2D eigenvalue weighted by molar-refractivity contribution is 5.81. The van der Waals surface area contributed by atoms with Crippen molar-refractivity contribution in [1.29, 1.82) is 0 Å². The number of likely N-dealkylation sites (N-methyl/N-ethyl adjacent to an activating group) is 1. The summed E-state index contributed by atoms with van der Waals surface area (Å²) in [7, 11) is 4.27. The van der Waals surface area contributed by atoms with Crippen LogP contribution in [-0.4, -0.2) is 59.6 Å². The number of fused-ring (bicyclic) bond motifs is 4. The molecule has 4 aliphatic carbocycles. The van der Waals surface area contributed by atoms with Crippen LogP contribution in [-0.2, 0) is 11.2 Å². The van der Waals surface area contributed by atoms with Gasteiger partial charge in [-0.1, -0.05) is 48.9 Å². The van der Waals surface area contributed by atoms with Crippen molar-refractivity contribution in [3.05, 3.63) is 47.5 Å². The maximum atomic E-state index is 13.2. The lowest BCUT2D eigenvalue weighted by atomic mass is 9.47. The third kappa shape index (κ3) is 3.65. The van der Waals surface area contributed by atoms with Crippen LogP contribution in [0.5, 0.6) is 0 Å². The van der Waals surface area contributed by atoms with Crippen molar-refractivity contribution in [2.24, 2.45) is 34.5 Å².